The number of rotatable bonds is 7. The van der Waals surface area contributed by atoms with Gasteiger partial charge in [-0.15, -0.1) is 0 Å². The predicted molar refractivity (Wildman–Crippen MR) is 126 cm³/mol. The van der Waals surface area contributed by atoms with Crippen molar-refractivity contribution >= 4 is 11.0 Å². The summed E-state index contributed by atoms with van der Waals surface area (Å²) in [5, 5.41) is 61.7. The molecule has 6 N–H and O–H groups in total. The molecule has 0 bridgehead atoms. The highest BCUT2D eigenvalue weighted by Crippen LogP contribution is 2.38. The van der Waals surface area contributed by atoms with Gasteiger partial charge in [-0.1, -0.05) is 0 Å². The van der Waals surface area contributed by atoms with E-state index in [-0.39, 0.29) is 6.61 Å². The molecule has 9 unspecified atom stereocenters. The van der Waals surface area contributed by atoms with Crippen LogP contribution < -0.4 is 10.4 Å². The first-order chi connectivity index (χ1) is 17.9. The van der Waals surface area contributed by atoms with Gasteiger partial charge in [-0.25, -0.2) is 4.79 Å². The zero-order chi connectivity index (χ0) is 27.4. The van der Waals surface area contributed by atoms with E-state index in [9.17, 15) is 35.4 Å². The molecule has 4 heterocycles. The van der Waals surface area contributed by atoms with E-state index in [2.05, 4.69) is 0 Å². The molecule has 13 nitrogen and oxygen atoms in total. The first kappa shape index (κ1) is 27.4. The molecule has 9 atom stereocenters. The van der Waals surface area contributed by atoms with E-state index in [1.165, 1.54) is 6.07 Å². The Bertz CT molecular complexity index is 1210. The number of ether oxygens (including phenoxy) is 5. The summed E-state index contributed by atoms with van der Waals surface area (Å²) in [6.07, 6.45) is -10.3. The highest BCUT2D eigenvalue weighted by atomic mass is 16.7. The molecule has 0 amide bonds. The van der Waals surface area contributed by atoms with Crippen LogP contribution >= 0.6 is 0 Å². The average molecular weight is 541 g/mol. The lowest BCUT2D eigenvalue weighted by Gasteiger charge is -2.44. The quantitative estimate of drug-likeness (QED) is 0.214. The monoisotopic (exact) mass is 540 g/mol. The summed E-state index contributed by atoms with van der Waals surface area (Å²) in [6, 6.07) is 6.50. The second-order valence-corrected chi connectivity index (χ2v) is 10.5. The molecule has 1 aromatic heterocycles. The third kappa shape index (κ3) is 4.95. The first-order valence-electron chi connectivity index (χ1n) is 12.3. The van der Waals surface area contributed by atoms with Gasteiger partial charge in [-0.2, -0.15) is 0 Å². The third-order valence-corrected chi connectivity index (χ3v) is 7.35. The number of aliphatic hydroxyl groups excluding tert-OH is 5. The maximum Gasteiger partial charge on any atom is 0.336 e. The molecule has 0 aliphatic carbocycles. The van der Waals surface area contributed by atoms with E-state index in [4.69, 9.17) is 28.1 Å². The molecule has 0 radical (unpaired) electrons. The minimum absolute atomic E-state index is 0.365. The fraction of sp³-hybridized carbons (Fsp3) is 0.640. The molecule has 0 spiro atoms. The zero-order valence-corrected chi connectivity index (χ0v) is 20.8. The van der Waals surface area contributed by atoms with Gasteiger partial charge in [0.2, 0.25) is 0 Å². The Morgan fingerprint density at radius 1 is 1.08 bits per heavy atom. The van der Waals surface area contributed by atoms with Crippen molar-refractivity contribution in [2.24, 2.45) is 0 Å². The number of fused-ring (bicyclic) bond motifs is 2. The van der Waals surface area contributed by atoms with E-state index in [1.807, 2.05) is 6.07 Å². The van der Waals surface area contributed by atoms with Crippen LogP contribution in [0.1, 0.15) is 19.4 Å². The van der Waals surface area contributed by atoms with Crippen LogP contribution in [0, 0.1) is 0 Å². The van der Waals surface area contributed by atoms with Gasteiger partial charge in [0, 0.05) is 23.9 Å². The zero-order valence-electron chi connectivity index (χ0n) is 20.8. The van der Waals surface area contributed by atoms with Gasteiger partial charge in [-0.05, 0) is 31.5 Å². The van der Waals surface area contributed by atoms with Crippen LogP contribution in [0.25, 0.3) is 11.0 Å². The summed E-state index contributed by atoms with van der Waals surface area (Å²) in [4.78, 5) is 11.6. The van der Waals surface area contributed by atoms with Crippen LogP contribution in [0.4, 0.5) is 0 Å². The molecule has 210 valence electrons. The Labute approximate surface area is 216 Å². The van der Waals surface area contributed by atoms with Gasteiger partial charge in [0.1, 0.15) is 59.2 Å². The Balaban J connectivity index is 1.25. The van der Waals surface area contributed by atoms with Crippen LogP contribution in [0.5, 0.6) is 5.75 Å². The van der Waals surface area contributed by atoms with Crippen LogP contribution in [0.2, 0.25) is 0 Å². The molecule has 13 heteroatoms. The minimum Gasteiger partial charge on any atom is -0.487 e. The molecule has 0 saturated carbocycles. The number of benzene rings is 1. The summed E-state index contributed by atoms with van der Waals surface area (Å²) in [7, 11) is 0. The topological polar surface area (TPSA) is 198 Å². The Kier molecular flexibility index (Phi) is 7.28. The van der Waals surface area contributed by atoms with Crippen LogP contribution in [-0.2, 0) is 25.4 Å². The summed E-state index contributed by atoms with van der Waals surface area (Å²) < 4.78 is 33.7. The van der Waals surface area contributed by atoms with Crippen molar-refractivity contribution < 1.29 is 58.7 Å². The highest BCUT2D eigenvalue weighted by molar-refractivity contribution is 5.79. The number of hydrogen-bond acceptors (Lipinski definition) is 13. The summed E-state index contributed by atoms with van der Waals surface area (Å²) in [6.45, 7) is 1.94. The van der Waals surface area contributed by atoms with Crippen molar-refractivity contribution in [3.63, 3.8) is 0 Å². The summed E-state index contributed by atoms with van der Waals surface area (Å²) >= 11 is 0. The number of hydrogen-bond donors (Lipinski definition) is 6. The standard InChI is InChI=1S/C25H32O13/c1-24(2,16-6-12-5-11-3-4-17(27)36-13(11)7-14(12)35-16)38-22-20(30)19(29)18(28)15(37-22)8-33-23-21(31)25(32,9-26)10-34-23/h3-5,7,15-16,18-23,26,28-32H,6,8-10H2,1-2H3. The molecule has 3 aliphatic heterocycles. The molecular weight excluding hydrogens is 508 g/mol. The molecule has 2 aromatic rings. The van der Waals surface area contributed by atoms with E-state index >= 15 is 0 Å². The van der Waals surface area contributed by atoms with Gasteiger partial charge < -0.3 is 58.7 Å². The summed E-state index contributed by atoms with van der Waals surface area (Å²) in [5.74, 6) is 0.526. The van der Waals surface area contributed by atoms with Crippen molar-refractivity contribution in [1.82, 2.24) is 0 Å². The fourth-order valence-electron chi connectivity index (χ4n) is 4.85. The molecule has 1 aromatic carbocycles. The van der Waals surface area contributed by atoms with Crippen molar-refractivity contribution in [2.45, 2.75) is 80.7 Å². The largest absolute Gasteiger partial charge is 0.487 e. The maximum atomic E-state index is 11.6. The Morgan fingerprint density at radius 3 is 2.55 bits per heavy atom. The van der Waals surface area contributed by atoms with Crippen molar-refractivity contribution in [2.75, 3.05) is 19.8 Å². The van der Waals surface area contributed by atoms with Gasteiger partial charge in [0.15, 0.2) is 12.6 Å². The SMILES string of the molecule is CC(C)(OC1OC(COC2OCC(O)(CO)C2O)C(O)C(O)C1O)C1Cc2cc3ccc(=O)oc3cc2O1. The van der Waals surface area contributed by atoms with Crippen LogP contribution in [0.15, 0.2) is 33.5 Å². The maximum absolute atomic E-state index is 11.6. The van der Waals surface area contributed by atoms with Gasteiger partial charge in [-0.3, -0.25) is 0 Å². The van der Waals surface area contributed by atoms with Crippen LogP contribution in [-0.4, -0.2) is 111 Å². The Hall–Kier alpha value is -2.17. The molecule has 38 heavy (non-hydrogen) atoms. The molecule has 5 rings (SSSR count). The van der Waals surface area contributed by atoms with Gasteiger partial charge in [0.05, 0.1) is 19.8 Å². The van der Waals surface area contributed by atoms with Crippen molar-refractivity contribution in [3.8, 4) is 5.75 Å². The first-order valence-corrected chi connectivity index (χ1v) is 12.3. The van der Waals surface area contributed by atoms with E-state index in [0.717, 1.165) is 10.9 Å². The molecule has 2 fully saturated rings. The van der Waals surface area contributed by atoms with Crippen molar-refractivity contribution in [1.29, 1.82) is 0 Å². The molecule has 2 saturated heterocycles. The lowest BCUT2D eigenvalue weighted by Crippen LogP contribution is -2.61. The molecule has 3 aliphatic rings. The summed E-state index contributed by atoms with van der Waals surface area (Å²) in [5.41, 5.74) is -2.17. The van der Waals surface area contributed by atoms with E-state index in [1.54, 1.807) is 26.0 Å². The minimum atomic E-state index is -1.89. The molecular formula is C25H32O13. The highest BCUT2D eigenvalue weighted by Gasteiger charge is 2.51. The number of aliphatic hydroxyl groups is 6. The lowest BCUT2D eigenvalue weighted by molar-refractivity contribution is -0.335. The third-order valence-electron chi connectivity index (χ3n) is 7.35. The van der Waals surface area contributed by atoms with Crippen molar-refractivity contribution in [3.05, 3.63) is 40.2 Å². The van der Waals surface area contributed by atoms with Crippen LogP contribution in [0.3, 0.4) is 0 Å². The van der Waals surface area contributed by atoms with Gasteiger partial charge >= 0.3 is 5.63 Å². The smallest absolute Gasteiger partial charge is 0.336 e. The average Bonchev–Trinajstić information content (AvgIpc) is 3.43. The Morgan fingerprint density at radius 2 is 1.84 bits per heavy atom. The van der Waals surface area contributed by atoms with Gasteiger partial charge in [0.25, 0.3) is 0 Å². The fourth-order valence-corrected chi connectivity index (χ4v) is 4.85. The van der Waals surface area contributed by atoms with E-state index in [0.29, 0.717) is 17.8 Å². The van der Waals surface area contributed by atoms with E-state index < -0.39 is 79.2 Å². The second kappa shape index (κ2) is 10.1. The lowest BCUT2D eigenvalue weighted by atomic mass is 9.95. The predicted octanol–water partition coefficient (Wildman–Crippen LogP) is -1.84. The second-order valence-electron chi connectivity index (χ2n) is 10.5. The normalized spacial score (nSPS) is 37.4.